The van der Waals surface area contributed by atoms with Crippen LogP contribution in [-0.2, 0) is 11.2 Å². The summed E-state index contributed by atoms with van der Waals surface area (Å²) in [4.78, 5) is 10.8. The van der Waals surface area contributed by atoms with Gasteiger partial charge in [-0.1, -0.05) is 29.3 Å². The van der Waals surface area contributed by atoms with E-state index >= 15 is 0 Å². The molecule has 1 amide bonds. The highest BCUT2D eigenvalue weighted by Crippen LogP contribution is 2.23. The van der Waals surface area contributed by atoms with E-state index in [1.165, 1.54) is 6.92 Å². The molecule has 0 aliphatic rings. The summed E-state index contributed by atoms with van der Waals surface area (Å²) < 4.78 is 0. The summed E-state index contributed by atoms with van der Waals surface area (Å²) in [6, 6.07) is 5.79. The van der Waals surface area contributed by atoms with Crippen LogP contribution in [0.15, 0.2) is 18.2 Å². The molecule has 0 aromatic heterocycles. The maximum atomic E-state index is 10.8. The van der Waals surface area contributed by atoms with Gasteiger partial charge in [0.15, 0.2) is 0 Å². The van der Waals surface area contributed by atoms with Crippen LogP contribution in [0.3, 0.4) is 0 Å². The van der Waals surface area contributed by atoms with Gasteiger partial charge in [-0.15, -0.1) is 0 Å². The fourth-order valence-corrected chi connectivity index (χ4v) is 1.82. The summed E-state index contributed by atoms with van der Waals surface area (Å²) >= 11 is 11.7. The number of amides is 1. The smallest absolute Gasteiger partial charge is 0.217 e. The first-order chi connectivity index (χ1) is 7.49. The molecule has 0 aliphatic heterocycles. The molecule has 0 saturated heterocycles. The summed E-state index contributed by atoms with van der Waals surface area (Å²) in [5, 5.41) is 3.99. The Morgan fingerprint density at radius 1 is 1.38 bits per heavy atom. The zero-order chi connectivity index (χ0) is 12.1. The van der Waals surface area contributed by atoms with Crippen molar-refractivity contribution in [2.45, 2.75) is 32.7 Å². The molecule has 1 aromatic carbocycles. The van der Waals surface area contributed by atoms with E-state index in [1.54, 1.807) is 6.07 Å². The van der Waals surface area contributed by atoms with Crippen LogP contribution < -0.4 is 5.32 Å². The third-order valence-corrected chi connectivity index (χ3v) is 3.04. The first-order valence-corrected chi connectivity index (χ1v) is 5.95. The molecule has 16 heavy (non-hydrogen) atoms. The molecule has 1 atom stereocenters. The van der Waals surface area contributed by atoms with Crippen LogP contribution in [0, 0.1) is 0 Å². The van der Waals surface area contributed by atoms with E-state index < -0.39 is 0 Å². The quantitative estimate of drug-likeness (QED) is 0.882. The van der Waals surface area contributed by atoms with Crippen LogP contribution in [0.2, 0.25) is 10.0 Å². The first-order valence-electron chi connectivity index (χ1n) is 5.20. The van der Waals surface area contributed by atoms with Crippen LogP contribution in [0.25, 0.3) is 0 Å². The molecular weight excluding hydrogens is 245 g/mol. The number of nitrogens with one attached hydrogen (secondary N) is 1. The number of hydrogen-bond acceptors (Lipinski definition) is 1. The Bertz CT molecular complexity index is 379. The fraction of sp³-hybridized carbons (Fsp3) is 0.417. The maximum absolute atomic E-state index is 10.8. The Labute approximate surface area is 106 Å². The van der Waals surface area contributed by atoms with Gasteiger partial charge in [0.05, 0.1) is 10.0 Å². The summed E-state index contributed by atoms with van der Waals surface area (Å²) in [5.74, 6) is 0.00152. The second-order valence-electron chi connectivity index (χ2n) is 3.89. The van der Waals surface area contributed by atoms with Crippen molar-refractivity contribution in [2.75, 3.05) is 0 Å². The minimum atomic E-state index is 0.00152. The molecule has 0 fully saturated rings. The number of carbonyl (C=O) groups excluding carboxylic acids is 1. The van der Waals surface area contributed by atoms with Crippen LogP contribution in [-0.4, -0.2) is 11.9 Å². The molecule has 1 unspecified atom stereocenters. The SMILES string of the molecule is CC(=O)NC(C)CCc1ccc(Cl)c(Cl)c1. The van der Waals surface area contributed by atoms with E-state index in [9.17, 15) is 4.79 Å². The number of halogens is 2. The van der Waals surface area contributed by atoms with Gasteiger partial charge in [0.2, 0.25) is 5.91 Å². The zero-order valence-corrected chi connectivity index (χ0v) is 10.9. The highest BCUT2D eigenvalue weighted by molar-refractivity contribution is 6.42. The summed E-state index contributed by atoms with van der Waals surface area (Å²) in [7, 11) is 0. The summed E-state index contributed by atoms with van der Waals surface area (Å²) in [6.45, 7) is 3.51. The molecule has 2 nitrogen and oxygen atoms in total. The molecule has 0 spiro atoms. The predicted molar refractivity (Wildman–Crippen MR) is 68.1 cm³/mol. The lowest BCUT2D eigenvalue weighted by molar-refractivity contribution is -0.119. The highest BCUT2D eigenvalue weighted by atomic mass is 35.5. The second-order valence-corrected chi connectivity index (χ2v) is 4.70. The van der Waals surface area contributed by atoms with Gasteiger partial charge in [0.1, 0.15) is 0 Å². The molecule has 0 radical (unpaired) electrons. The largest absolute Gasteiger partial charge is 0.354 e. The topological polar surface area (TPSA) is 29.1 Å². The average Bonchev–Trinajstić information content (AvgIpc) is 2.19. The van der Waals surface area contributed by atoms with Crippen molar-refractivity contribution >= 4 is 29.1 Å². The standard InChI is InChI=1S/C12H15Cl2NO/c1-8(15-9(2)16)3-4-10-5-6-11(13)12(14)7-10/h5-8H,3-4H2,1-2H3,(H,15,16). The lowest BCUT2D eigenvalue weighted by Crippen LogP contribution is -2.30. The zero-order valence-electron chi connectivity index (χ0n) is 9.39. The molecule has 0 heterocycles. The highest BCUT2D eigenvalue weighted by Gasteiger charge is 2.05. The van der Waals surface area contributed by atoms with Gasteiger partial charge in [0.25, 0.3) is 0 Å². The monoisotopic (exact) mass is 259 g/mol. The van der Waals surface area contributed by atoms with Crippen molar-refractivity contribution in [3.8, 4) is 0 Å². The van der Waals surface area contributed by atoms with Gasteiger partial charge in [0, 0.05) is 13.0 Å². The van der Waals surface area contributed by atoms with E-state index in [4.69, 9.17) is 23.2 Å². The lowest BCUT2D eigenvalue weighted by atomic mass is 10.1. The maximum Gasteiger partial charge on any atom is 0.217 e. The second kappa shape index (κ2) is 6.12. The number of carbonyl (C=O) groups is 1. The minimum absolute atomic E-state index is 0.00152. The lowest BCUT2D eigenvalue weighted by Gasteiger charge is -2.12. The summed E-state index contributed by atoms with van der Waals surface area (Å²) in [6.07, 6.45) is 1.76. The van der Waals surface area contributed by atoms with E-state index in [1.807, 2.05) is 19.1 Å². The van der Waals surface area contributed by atoms with Crippen LogP contribution in [0.1, 0.15) is 25.8 Å². The number of rotatable bonds is 4. The van der Waals surface area contributed by atoms with Crippen molar-refractivity contribution in [1.82, 2.24) is 5.32 Å². The Hall–Kier alpha value is -0.730. The van der Waals surface area contributed by atoms with E-state index in [-0.39, 0.29) is 11.9 Å². The number of hydrogen-bond donors (Lipinski definition) is 1. The van der Waals surface area contributed by atoms with Gasteiger partial charge in [-0.05, 0) is 37.5 Å². The van der Waals surface area contributed by atoms with E-state index in [0.717, 1.165) is 18.4 Å². The molecule has 0 saturated carbocycles. The molecule has 1 aromatic rings. The Morgan fingerprint density at radius 2 is 2.06 bits per heavy atom. The average molecular weight is 260 g/mol. The van der Waals surface area contributed by atoms with Gasteiger partial charge < -0.3 is 5.32 Å². The Morgan fingerprint density at radius 3 is 2.62 bits per heavy atom. The molecule has 88 valence electrons. The summed E-state index contributed by atoms with van der Waals surface area (Å²) in [5.41, 5.74) is 1.13. The Balaban J connectivity index is 2.48. The molecule has 1 rings (SSSR count). The Kier molecular flexibility index (Phi) is 5.10. The van der Waals surface area contributed by atoms with Gasteiger partial charge in [-0.25, -0.2) is 0 Å². The van der Waals surface area contributed by atoms with Crippen molar-refractivity contribution in [3.63, 3.8) is 0 Å². The minimum Gasteiger partial charge on any atom is -0.354 e. The molecule has 0 bridgehead atoms. The van der Waals surface area contributed by atoms with Crippen molar-refractivity contribution in [3.05, 3.63) is 33.8 Å². The van der Waals surface area contributed by atoms with E-state index in [0.29, 0.717) is 10.0 Å². The number of aryl methyl sites for hydroxylation is 1. The van der Waals surface area contributed by atoms with Crippen molar-refractivity contribution in [1.29, 1.82) is 0 Å². The molecular formula is C12H15Cl2NO. The third-order valence-electron chi connectivity index (χ3n) is 2.30. The van der Waals surface area contributed by atoms with Crippen molar-refractivity contribution < 1.29 is 4.79 Å². The third kappa shape index (κ3) is 4.42. The van der Waals surface area contributed by atoms with E-state index in [2.05, 4.69) is 5.32 Å². The van der Waals surface area contributed by atoms with Crippen LogP contribution in [0.4, 0.5) is 0 Å². The number of benzene rings is 1. The predicted octanol–water partition coefficient (Wildman–Crippen LogP) is 3.45. The molecule has 1 N–H and O–H groups in total. The van der Waals surface area contributed by atoms with Crippen molar-refractivity contribution in [2.24, 2.45) is 0 Å². The first kappa shape index (κ1) is 13.3. The van der Waals surface area contributed by atoms with Crippen LogP contribution in [0.5, 0.6) is 0 Å². The van der Waals surface area contributed by atoms with Gasteiger partial charge in [-0.2, -0.15) is 0 Å². The van der Waals surface area contributed by atoms with Gasteiger partial charge >= 0.3 is 0 Å². The normalized spacial score (nSPS) is 12.2. The van der Waals surface area contributed by atoms with Gasteiger partial charge in [-0.3, -0.25) is 4.79 Å². The molecule has 4 heteroatoms. The molecule has 0 aliphatic carbocycles. The van der Waals surface area contributed by atoms with Crippen LogP contribution >= 0.6 is 23.2 Å². The fourth-order valence-electron chi connectivity index (χ4n) is 1.50.